The van der Waals surface area contributed by atoms with Gasteiger partial charge in [-0.25, -0.2) is 4.79 Å². The van der Waals surface area contributed by atoms with Gasteiger partial charge in [0.25, 0.3) is 0 Å². The van der Waals surface area contributed by atoms with Gasteiger partial charge in [-0.2, -0.15) is 0 Å². The Hall–Kier alpha value is -1.39. The van der Waals surface area contributed by atoms with Crippen LogP contribution < -0.4 is 0 Å². The normalized spacial score (nSPS) is 22.4. The lowest BCUT2D eigenvalue weighted by Gasteiger charge is -2.29. The minimum absolute atomic E-state index is 0.102. The molecule has 1 aromatic carbocycles. The fourth-order valence-corrected chi connectivity index (χ4v) is 2.22. The minimum Gasteiger partial charge on any atom is -0.459 e. The molecule has 0 radical (unpaired) electrons. The number of hydrogen-bond acceptors (Lipinski definition) is 4. The first-order valence-corrected chi connectivity index (χ1v) is 6.29. The van der Waals surface area contributed by atoms with E-state index in [0.717, 1.165) is 25.9 Å². The van der Waals surface area contributed by atoms with Crippen LogP contribution in [0.1, 0.15) is 24.5 Å². The molecule has 4 heteroatoms. The molecule has 0 saturated carbocycles. The van der Waals surface area contributed by atoms with Crippen molar-refractivity contribution in [1.82, 2.24) is 4.90 Å². The third-order valence-corrected chi connectivity index (χ3v) is 3.20. The van der Waals surface area contributed by atoms with Gasteiger partial charge in [0.2, 0.25) is 0 Å². The predicted molar refractivity (Wildman–Crippen MR) is 68.0 cm³/mol. The molecule has 1 fully saturated rings. The highest BCUT2D eigenvalue weighted by Gasteiger charge is 2.25. The molecule has 0 aromatic heterocycles. The number of benzene rings is 1. The number of aliphatic hydroxyl groups excluding tert-OH is 1. The number of likely N-dealkylation sites (N-methyl/N-ethyl adjacent to an activating group) is 1. The Morgan fingerprint density at radius 2 is 2.17 bits per heavy atom. The van der Waals surface area contributed by atoms with E-state index in [9.17, 15) is 9.90 Å². The lowest BCUT2D eigenvalue weighted by molar-refractivity contribution is -0.161. The number of aliphatic hydroxyl groups is 1. The van der Waals surface area contributed by atoms with Crippen LogP contribution in [0, 0.1) is 0 Å². The summed E-state index contributed by atoms with van der Waals surface area (Å²) in [6.45, 7) is 1.78. The van der Waals surface area contributed by atoms with E-state index in [1.54, 1.807) is 24.3 Å². The minimum atomic E-state index is -1.18. The van der Waals surface area contributed by atoms with Crippen molar-refractivity contribution in [3.05, 3.63) is 35.9 Å². The summed E-state index contributed by atoms with van der Waals surface area (Å²) in [6.07, 6.45) is 0.612. The second-order valence-electron chi connectivity index (χ2n) is 4.78. The molecule has 1 aliphatic rings. The summed E-state index contributed by atoms with van der Waals surface area (Å²) in [6, 6.07) is 8.87. The van der Waals surface area contributed by atoms with Crippen molar-refractivity contribution < 1.29 is 14.6 Å². The summed E-state index contributed by atoms with van der Waals surface area (Å²) in [5.74, 6) is -0.554. The largest absolute Gasteiger partial charge is 0.459 e. The molecule has 0 spiro atoms. The lowest BCUT2D eigenvalue weighted by atomic mass is 10.1. The van der Waals surface area contributed by atoms with Crippen LogP contribution in [0.15, 0.2) is 30.3 Å². The molecule has 4 nitrogen and oxygen atoms in total. The fourth-order valence-electron chi connectivity index (χ4n) is 2.22. The zero-order chi connectivity index (χ0) is 13.0. The van der Waals surface area contributed by atoms with Gasteiger partial charge in [0.15, 0.2) is 6.10 Å². The van der Waals surface area contributed by atoms with Gasteiger partial charge in [-0.15, -0.1) is 0 Å². The van der Waals surface area contributed by atoms with E-state index in [4.69, 9.17) is 4.74 Å². The van der Waals surface area contributed by atoms with Crippen LogP contribution in [0.25, 0.3) is 0 Å². The Balaban J connectivity index is 1.91. The molecule has 0 aliphatic carbocycles. The van der Waals surface area contributed by atoms with Crippen LogP contribution in [0.2, 0.25) is 0 Å². The maximum atomic E-state index is 11.8. The van der Waals surface area contributed by atoms with Gasteiger partial charge in [0, 0.05) is 6.54 Å². The van der Waals surface area contributed by atoms with Crippen LogP contribution >= 0.6 is 0 Å². The van der Waals surface area contributed by atoms with E-state index in [2.05, 4.69) is 4.90 Å². The van der Waals surface area contributed by atoms with Crippen molar-refractivity contribution in [1.29, 1.82) is 0 Å². The summed E-state index contributed by atoms with van der Waals surface area (Å²) < 4.78 is 5.35. The maximum absolute atomic E-state index is 11.8. The van der Waals surface area contributed by atoms with Crippen molar-refractivity contribution in [3.63, 3.8) is 0 Å². The van der Waals surface area contributed by atoms with Crippen LogP contribution in [-0.2, 0) is 9.53 Å². The Bertz CT molecular complexity index is 393. The summed E-state index contributed by atoms with van der Waals surface area (Å²) >= 11 is 0. The summed E-state index contributed by atoms with van der Waals surface area (Å²) in [5, 5.41) is 9.90. The van der Waals surface area contributed by atoms with Crippen LogP contribution in [0.3, 0.4) is 0 Å². The number of carbonyl (C=O) groups is 1. The van der Waals surface area contributed by atoms with Gasteiger partial charge in [0.1, 0.15) is 6.10 Å². The van der Waals surface area contributed by atoms with E-state index in [-0.39, 0.29) is 6.10 Å². The molecule has 0 bridgehead atoms. The molecular weight excluding hydrogens is 230 g/mol. The number of nitrogens with zero attached hydrogens (tertiary/aromatic N) is 1. The van der Waals surface area contributed by atoms with Crippen LogP contribution in [-0.4, -0.2) is 42.2 Å². The fraction of sp³-hybridized carbons (Fsp3) is 0.500. The molecule has 18 heavy (non-hydrogen) atoms. The van der Waals surface area contributed by atoms with E-state index in [0.29, 0.717) is 5.56 Å². The quantitative estimate of drug-likeness (QED) is 0.822. The Morgan fingerprint density at radius 1 is 1.44 bits per heavy atom. The third-order valence-electron chi connectivity index (χ3n) is 3.20. The molecule has 1 aliphatic heterocycles. The number of carbonyl (C=O) groups excluding carboxylic acids is 1. The van der Waals surface area contributed by atoms with Crippen LogP contribution in [0.4, 0.5) is 0 Å². The van der Waals surface area contributed by atoms with Gasteiger partial charge in [-0.3, -0.25) is 0 Å². The molecule has 1 heterocycles. The highest BCUT2D eigenvalue weighted by Crippen LogP contribution is 2.18. The second-order valence-corrected chi connectivity index (χ2v) is 4.78. The van der Waals surface area contributed by atoms with Gasteiger partial charge in [-0.05, 0) is 32.0 Å². The van der Waals surface area contributed by atoms with Crippen LogP contribution in [0.5, 0.6) is 0 Å². The molecule has 1 saturated heterocycles. The maximum Gasteiger partial charge on any atom is 0.339 e. The van der Waals surface area contributed by atoms with Gasteiger partial charge in [0.05, 0.1) is 0 Å². The third kappa shape index (κ3) is 3.31. The Morgan fingerprint density at radius 3 is 2.83 bits per heavy atom. The van der Waals surface area contributed by atoms with Gasteiger partial charge in [-0.1, -0.05) is 30.3 Å². The number of esters is 1. The molecule has 98 valence electrons. The number of rotatable bonds is 3. The Labute approximate surface area is 107 Å². The van der Waals surface area contributed by atoms with Gasteiger partial charge < -0.3 is 14.7 Å². The second kappa shape index (κ2) is 5.98. The number of hydrogen-bond donors (Lipinski definition) is 1. The zero-order valence-electron chi connectivity index (χ0n) is 10.6. The highest BCUT2D eigenvalue weighted by atomic mass is 16.6. The molecule has 1 unspecified atom stereocenters. The van der Waals surface area contributed by atoms with Crippen molar-refractivity contribution in [2.45, 2.75) is 25.0 Å². The van der Waals surface area contributed by atoms with Crippen molar-refractivity contribution in [3.8, 4) is 0 Å². The topological polar surface area (TPSA) is 49.8 Å². The monoisotopic (exact) mass is 249 g/mol. The summed E-state index contributed by atoms with van der Waals surface area (Å²) in [7, 11) is 2.01. The average Bonchev–Trinajstić information content (AvgIpc) is 2.39. The van der Waals surface area contributed by atoms with Crippen molar-refractivity contribution in [2.75, 3.05) is 20.1 Å². The summed E-state index contributed by atoms with van der Waals surface area (Å²) in [5.41, 5.74) is 0.576. The van der Waals surface area contributed by atoms with E-state index < -0.39 is 12.1 Å². The zero-order valence-corrected chi connectivity index (χ0v) is 10.6. The van der Waals surface area contributed by atoms with Crippen molar-refractivity contribution in [2.24, 2.45) is 0 Å². The lowest BCUT2D eigenvalue weighted by Crippen LogP contribution is -2.38. The number of ether oxygens (including phenoxy) is 1. The smallest absolute Gasteiger partial charge is 0.339 e. The first kappa shape index (κ1) is 13.1. The molecule has 2 atom stereocenters. The first-order valence-electron chi connectivity index (χ1n) is 6.29. The SMILES string of the molecule is CN1CCCC(OC(=O)[C@H](O)c2ccccc2)C1. The van der Waals surface area contributed by atoms with Crippen molar-refractivity contribution >= 4 is 5.97 Å². The van der Waals surface area contributed by atoms with E-state index in [1.807, 2.05) is 13.1 Å². The molecule has 0 amide bonds. The molecule has 1 N–H and O–H groups in total. The highest BCUT2D eigenvalue weighted by molar-refractivity contribution is 5.76. The predicted octanol–water partition coefficient (Wildman–Crippen LogP) is 1.36. The number of likely N-dealkylation sites (tertiary alicyclic amines) is 1. The molecular formula is C14H19NO3. The van der Waals surface area contributed by atoms with Gasteiger partial charge >= 0.3 is 5.97 Å². The molecule has 2 rings (SSSR count). The Kier molecular flexibility index (Phi) is 4.33. The van der Waals surface area contributed by atoms with E-state index in [1.165, 1.54) is 0 Å². The average molecular weight is 249 g/mol. The molecule has 1 aromatic rings. The standard InChI is InChI=1S/C14H19NO3/c1-15-9-5-8-12(10-15)18-14(17)13(16)11-6-3-2-4-7-11/h2-4,6-7,12-13,16H,5,8-10H2,1H3/t12?,13-/m1/s1. The number of piperidine rings is 1. The first-order chi connectivity index (χ1) is 8.66. The summed E-state index contributed by atoms with van der Waals surface area (Å²) in [4.78, 5) is 14.0. The van der Waals surface area contributed by atoms with E-state index >= 15 is 0 Å².